The molecule has 3 heterocycles. The van der Waals surface area contributed by atoms with Gasteiger partial charge in [-0.2, -0.15) is 0 Å². The Bertz CT molecular complexity index is 619. The molecule has 8 nitrogen and oxygen atoms in total. The van der Waals surface area contributed by atoms with Crippen LogP contribution in [0.25, 0.3) is 0 Å². The lowest BCUT2D eigenvalue weighted by atomic mass is 9.82. The fraction of sp³-hybridized carbons (Fsp3) is 0.958. The first-order valence-electron chi connectivity index (χ1n) is 13.2. The molecule has 6 N–H and O–H groups in total. The standard InChI is InChI=1S/C24H47N7O/c1-5-31-22(11-17(4)30-31)23(32)27-19-7-6-16(3)21(12-19)29-24-26-9-8-20(28-24)18-10-15(2)13-25-14-18/h15-22,24-26,28-30H,5-14H2,1-4H3,(H,27,32). The van der Waals surface area contributed by atoms with Crippen LogP contribution in [-0.4, -0.2) is 73.6 Å². The molecule has 1 saturated carbocycles. The van der Waals surface area contributed by atoms with Crippen LogP contribution < -0.4 is 32.0 Å². The summed E-state index contributed by atoms with van der Waals surface area (Å²) in [6.07, 6.45) is 6.78. The second-order valence-corrected chi connectivity index (χ2v) is 11.0. The summed E-state index contributed by atoms with van der Waals surface area (Å²) in [5.41, 5.74) is 3.41. The summed E-state index contributed by atoms with van der Waals surface area (Å²) in [7, 11) is 0. The number of nitrogens with one attached hydrogen (secondary N) is 6. The maximum atomic E-state index is 13.0. The Morgan fingerprint density at radius 3 is 2.69 bits per heavy atom. The van der Waals surface area contributed by atoms with E-state index in [0.29, 0.717) is 30.0 Å². The van der Waals surface area contributed by atoms with Crippen molar-refractivity contribution < 1.29 is 4.79 Å². The average Bonchev–Trinajstić information content (AvgIpc) is 3.17. The predicted octanol–water partition coefficient (Wildman–Crippen LogP) is 0.717. The van der Waals surface area contributed by atoms with E-state index < -0.39 is 0 Å². The number of hydrogen-bond donors (Lipinski definition) is 6. The topological polar surface area (TPSA) is 92.5 Å². The van der Waals surface area contributed by atoms with Gasteiger partial charge in [0.25, 0.3) is 0 Å². The molecular weight excluding hydrogens is 402 g/mol. The molecule has 0 aromatic carbocycles. The number of amides is 1. The summed E-state index contributed by atoms with van der Waals surface area (Å²) in [5.74, 6) is 2.28. The number of carbonyl (C=O) groups excluding carboxylic acids is 1. The van der Waals surface area contributed by atoms with Crippen LogP contribution in [0.3, 0.4) is 0 Å². The van der Waals surface area contributed by atoms with E-state index >= 15 is 0 Å². The molecule has 4 fully saturated rings. The first-order chi connectivity index (χ1) is 15.4. The van der Waals surface area contributed by atoms with E-state index in [-0.39, 0.29) is 24.3 Å². The molecule has 3 aliphatic heterocycles. The Balaban J connectivity index is 1.28. The van der Waals surface area contributed by atoms with Crippen molar-refractivity contribution in [2.24, 2.45) is 17.8 Å². The van der Waals surface area contributed by atoms with E-state index in [9.17, 15) is 4.79 Å². The van der Waals surface area contributed by atoms with Crippen molar-refractivity contribution in [3.63, 3.8) is 0 Å². The lowest BCUT2D eigenvalue weighted by molar-refractivity contribution is -0.127. The van der Waals surface area contributed by atoms with Gasteiger partial charge in [-0.3, -0.25) is 26.2 Å². The third kappa shape index (κ3) is 6.02. The van der Waals surface area contributed by atoms with Crippen LogP contribution in [0.4, 0.5) is 0 Å². The maximum absolute atomic E-state index is 13.0. The molecule has 184 valence electrons. The predicted molar refractivity (Wildman–Crippen MR) is 129 cm³/mol. The summed E-state index contributed by atoms with van der Waals surface area (Å²) in [6, 6.07) is 1.55. The van der Waals surface area contributed by atoms with Crippen LogP contribution in [-0.2, 0) is 4.79 Å². The van der Waals surface area contributed by atoms with Gasteiger partial charge < -0.3 is 10.6 Å². The molecule has 9 atom stereocenters. The van der Waals surface area contributed by atoms with Gasteiger partial charge in [-0.1, -0.05) is 20.8 Å². The van der Waals surface area contributed by atoms with Crippen LogP contribution in [0.15, 0.2) is 0 Å². The van der Waals surface area contributed by atoms with Crippen molar-refractivity contribution in [2.75, 3.05) is 26.2 Å². The zero-order chi connectivity index (χ0) is 22.7. The van der Waals surface area contributed by atoms with Crippen LogP contribution in [0.1, 0.15) is 66.2 Å². The van der Waals surface area contributed by atoms with Gasteiger partial charge in [0.1, 0.15) is 12.3 Å². The number of likely N-dealkylation sites (N-methyl/N-ethyl adjacent to an activating group) is 1. The van der Waals surface area contributed by atoms with E-state index in [0.717, 1.165) is 57.8 Å². The number of hydrazine groups is 1. The number of hydrogen-bond acceptors (Lipinski definition) is 7. The van der Waals surface area contributed by atoms with Crippen molar-refractivity contribution in [1.82, 2.24) is 37.0 Å². The lowest BCUT2D eigenvalue weighted by Gasteiger charge is -2.43. The fourth-order valence-electron chi connectivity index (χ4n) is 6.37. The number of nitrogens with zero attached hydrogens (tertiary/aromatic N) is 1. The van der Waals surface area contributed by atoms with Crippen molar-refractivity contribution in [2.45, 2.75) is 103 Å². The quantitative estimate of drug-likeness (QED) is 0.356. The molecule has 0 radical (unpaired) electrons. The van der Waals surface area contributed by atoms with Crippen molar-refractivity contribution >= 4 is 5.91 Å². The SMILES string of the molecule is CCN1NC(C)CC1C(=O)NC1CCC(C)C(NC2NCCC(C3CNCC(C)C3)N2)C1. The Morgan fingerprint density at radius 1 is 1.06 bits per heavy atom. The van der Waals surface area contributed by atoms with Gasteiger partial charge in [0.2, 0.25) is 5.91 Å². The van der Waals surface area contributed by atoms with E-state index in [1.54, 1.807) is 0 Å². The number of rotatable bonds is 6. The molecule has 0 bridgehead atoms. The Labute approximate surface area is 194 Å². The number of piperidine rings is 1. The largest absolute Gasteiger partial charge is 0.352 e. The third-order valence-electron chi connectivity index (χ3n) is 8.26. The molecule has 1 amide bonds. The first-order valence-corrected chi connectivity index (χ1v) is 13.2. The van der Waals surface area contributed by atoms with E-state index in [1.807, 2.05) is 0 Å². The summed E-state index contributed by atoms with van der Waals surface area (Å²) in [5, 5.41) is 20.5. The van der Waals surface area contributed by atoms with Crippen LogP contribution in [0.5, 0.6) is 0 Å². The Kier molecular flexibility index (Phi) is 8.45. The van der Waals surface area contributed by atoms with E-state index in [2.05, 4.69) is 64.7 Å². The maximum Gasteiger partial charge on any atom is 0.239 e. The summed E-state index contributed by atoms with van der Waals surface area (Å²) in [6.45, 7) is 13.2. The van der Waals surface area contributed by atoms with Crippen molar-refractivity contribution in [1.29, 1.82) is 0 Å². The first kappa shape index (κ1) is 24.4. The molecule has 0 spiro atoms. The fourth-order valence-corrected chi connectivity index (χ4v) is 6.37. The monoisotopic (exact) mass is 449 g/mol. The van der Waals surface area contributed by atoms with Crippen LogP contribution >= 0.6 is 0 Å². The minimum Gasteiger partial charge on any atom is -0.352 e. The molecule has 8 heteroatoms. The molecule has 0 aromatic rings. The van der Waals surface area contributed by atoms with Gasteiger partial charge in [0.05, 0.1) is 0 Å². The average molecular weight is 450 g/mol. The Hall–Kier alpha value is -0.770. The highest BCUT2D eigenvalue weighted by Gasteiger charge is 2.37. The summed E-state index contributed by atoms with van der Waals surface area (Å²) in [4.78, 5) is 13.0. The summed E-state index contributed by atoms with van der Waals surface area (Å²) >= 11 is 0. The van der Waals surface area contributed by atoms with Crippen LogP contribution in [0, 0.1) is 17.8 Å². The van der Waals surface area contributed by atoms with Gasteiger partial charge >= 0.3 is 0 Å². The number of carbonyl (C=O) groups is 1. The second-order valence-electron chi connectivity index (χ2n) is 11.0. The third-order valence-corrected chi connectivity index (χ3v) is 8.26. The normalized spacial score (nSPS) is 43.8. The zero-order valence-electron chi connectivity index (χ0n) is 20.6. The molecule has 4 rings (SSSR count). The van der Waals surface area contributed by atoms with Crippen molar-refractivity contribution in [3.8, 4) is 0 Å². The van der Waals surface area contributed by atoms with Gasteiger partial charge in [0.15, 0.2) is 0 Å². The van der Waals surface area contributed by atoms with E-state index in [1.165, 1.54) is 12.8 Å². The lowest BCUT2D eigenvalue weighted by Crippen LogP contribution is -2.66. The second kappa shape index (κ2) is 11.1. The molecule has 32 heavy (non-hydrogen) atoms. The minimum absolute atomic E-state index is 0.0466. The summed E-state index contributed by atoms with van der Waals surface area (Å²) < 4.78 is 0. The highest BCUT2D eigenvalue weighted by atomic mass is 16.2. The van der Waals surface area contributed by atoms with Gasteiger partial charge in [-0.05, 0) is 82.8 Å². The molecule has 3 saturated heterocycles. The Morgan fingerprint density at radius 2 is 1.91 bits per heavy atom. The van der Waals surface area contributed by atoms with Crippen LogP contribution in [0.2, 0.25) is 0 Å². The zero-order valence-corrected chi connectivity index (χ0v) is 20.6. The highest BCUT2D eigenvalue weighted by Crippen LogP contribution is 2.26. The minimum atomic E-state index is -0.0466. The highest BCUT2D eigenvalue weighted by molar-refractivity contribution is 5.82. The molecule has 1 aliphatic carbocycles. The molecular formula is C24H47N7O. The molecule has 0 aromatic heterocycles. The van der Waals surface area contributed by atoms with Gasteiger partial charge in [-0.15, -0.1) is 0 Å². The smallest absolute Gasteiger partial charge is 0.239 e. The van der Waals surface area contributed by atoms with Gasteiger partial charge in [0, 0.05) is 30.7 Å². The van der Waals surface area contributed by atoms with Gasteiger partial charge in [-0.25, -0.2) is 5.01 Å². The molecule has 9 unspecified atom stereocenters. The molecule has 4 aliphatic rings. The van der Waals surface area contributed by atoms with E-state index in [4.69, 9.17) is 0 Å². The van der Waals surface area contributed by atoms with Crippen molar-refractivity contribution in [3.05, 3.63) is 0 Å².